The molecule has 2 amide bonds. The van der Waals surface area contributed by atoms with E-state index in [4.69, 9.17) is 4.74 Å². The first-order chi connectivity index (χ1) is 11.5. The number of fused-ring (bicyclic) bond motifs is 1. The van der Waals surface area contributed by atoms with E-state index in [0.717, 1.165) is 5.56 Å². The lowest BCUT2D eigenvalue weighted by atomic mass is 9.78. The molecule has 132 valence electrons. The smallest absolute Gasteiger partial charge is 0.317 e. The van der Waals surface area contributed by atoms with Gasteiger partial charge >= 0.3 is 6.03 Å². The van der Waals surface area contributed by atoms with Crippen LogP contribution in [-0.2, 0) is 6.54 Å². The third-order valence-corrected chi connectivity index (χ3v) is 5.47. The Morgan fingerprint density at radius 2 is 2.12 bits per heavy atom. The molecule has 5 heteroatoms. The monoisotopic (exact) mass is 332 g/mol. The zero-order valence-corrected chi connectivity index (χ0v) is 14.7. The van der Waals surface area contributed by atoms with Gasteiger partial charge in [-0.25, -0.2) is 4.79 Å². The highest BCUT2D eigenvalue weighted by atomic mass is 16.5. The number of hydrogen-bond donors (Lipinski definition) is 2. The van der Waals surface area contributed by atoms with E-state index >= 15 is 0 Å². The lowest BCUT2D eigenvalue weighted by Gasteiger charge is -2.33. The third-order valence-electron chi connectivity index (χ3n) is 5.47. The topological polar surface area (TPSA) is 61.8 Å². The van der Waals surface area contributed by atoms with Gasteiger partial charge in [0, 0.05) is 18.2 Å². The maximum atomic E-state index is 12.6. The first kappa shape index (κ1) is 16.9. The molecule has 1 aliphatic carbocycles. The van der Waals surface area contributed by atoms with Gasteiger partial charge in [0.05, 0.1) is 13.1 Å². The molecule has 2 aliphatic rings. The number of benzene rings is 1. The Bertz CT molecular complexity index is 594. The number of phenols is 1. The maximum Gasteiger partial charge on any atom is 0.317 e. The fourth-order valence-corrected chi connectivity index (χ4v) is 3.80. The number of ether oxygens (including phenoxy) is 1. The molecule has 1 aliphatic heterocycles. The Labute approximate surface area is 144 Å². The molecule has 24 heavy (non-hydrogen) atoms. The molecule has 0 aromatic heterocycles. The van der Waals surface area contributed by atoms with E-state index in [1.54, 1.807) is 17.0 Å². The minimum absolute atomic E-state index is 0.0365. The van der Waals surface area contributed by atoms with Crippen molar-refractivity contribution in [2.75, 3.05) is 19.7 Å². The van der Waals surface area contributed by atoms with Crippen LogP contribution in [0.3, 0.4) is 0 Å². The predicted octanol–water partition coefficient (Wildman–Crippen LogP) is 3.51. The van der Waals surface area contributed by atoms with Gasteiger partial charge in [-0.2, -0.15) is 0 Å². The quantitative estimate of drug-likeness (QED) is 0.890. The van der Waals surface area contributed by atoms with Gasteiger partial charge in [-0.3, -0.25) is 0 Å². The molecule has 1 aromatic rings. The molecule has 1 heterocycles. The predicted molar refractivity (Wildman–Crippen MR) is 93.1 cm³/mol. The van der Waals surface area contributed by atoms with Gasteiger partial charge in [-0.05, 0) is 36.3 Å². The number of nitrogens with one attached hydrogen (secondary N) is 1. The molecule has 3 rings (SSSR count). The van der Waals surface area contributed by atoms with Crippen molar-refractivity contribution < 1.29 is 14.6 Å². The normalized spacial score (nSPS) is 18.7. The number of nitrogens with zero attached hydrogens (tertiary/aromatic N) is 1. The van der Waals surface area contributed by atoms with E-state index in [-0.39, 0.29) is 17.2 Å². The van der Waals surface area contributed by atoms with Gasteiger partial charge in [-0.1, -0.05) is 26.7 Å². The van der Waals surface area contributed by atoms with Crippen molar-refractivity contribution >= 4 is 6.03 Å². The lowest BCUT2D eigenvalue weighted by Crippen LogP contribution is -2.45. The van der Waals surface area contributed by atoms with Crippen LogP contribution in [0.1, 0.15) is 45.1 Å². The summed E-state index contributed by atoms with van der Waals surface area (Å²) in [5.74, 6) is 1.55. The number of rotatable bonds is 3. The Hall–Kier alpha value is -1.91. The highest BCUT2D eigenvalue weighted by molar-refractivity contribution is 5.74. The number of amides is 2. The zero-order valence-electron chi connectivity index (χ0n) is 14.7. The van der Waals surface area contributed by atoms with Crippen LogP contribution in [0.5, 0.6) is 11.5 Å². The highest BCUT2D eigenvalue weighted by Gasteiger charge is 2.32. The van der Waals surface area contributed by atoms with Gasteiger partial charge in [0.1, 0.15) is 18.1 Å². The third kappa shape index (κ3) is 3.77. The summed E-state index contributed by atoms with van der Waals surface area (Å²) >= 11 is 0. The summed E-state index contributed by atoms with van der Waals surface area (Å²) in [5.41, 5.74) is 1.06. The Balaban J connectivity index is 1.59. The van der Waals surface area contributed by atoms with E-state index in [1.807, 2.05) is 6.07 Å². The van der Waals surface area contributed by atoms with Crippen molar-refractivity contribution in [3.05, 3.63) is 23.8 Å². The minimum atomic E-state index is -0.0365. The Morgan fingerprint density at radius 1 is 1.38 bits per heavy atom. The number of carbonyl (C=O) groups excluding carboxylic acids is 1. The summed E-state index contributed by atoms with van der Waals surface area (Å²) < 4.78 is 5.65. The molecular weight excluding hydrogens is 304 g/mol. The molecule has 1 saturated carbocycles. The zero-order chi connectivity index (χ0) is 17.2. The first-order valence-corrected chi connectivity index (χ1v) is 8.93. The average Bonchev–Trinajstić information content (AvgIpc) is 3.01. The first-order valence-electron chi connectivity index (χ1n) is 8.93. The van der Waals surface area contributed by atoms with Crippen molar-refractivity contribution in [1.29, 1.82) is 0 Å². The fourth-order valence-electron chi connectivity index (χ4n) is 3.80. The molecule has 0 spiro atoms. The van der Waals surface area contributed by atoms with Crippen LogP contribution >= 0.6 is 0 Å². The number of carbonyl (C=O) groups is 1. The summed E-state index contributed by atoms with van der Waals surface area (Å²) in [6, 6.07) is 5.02. The van der Waals surface area contributed by atoms with Gasteiger partial charge < -0.3 is 20.1 Å². The van der Waals surface area contributed by atoms with Crippen LogP contribution in [0.4, 0.5) is 4.79 Å². The average molecular weight is 332 g/mol. The molecule has 5 nitrogen and oxygen atoms in total. The van der Waals surface area contributed by atoms with Crippen molar-refractivity contribution in [3.8, 4) is 11.5 Å². The van der Waals surface area contributed by atoms with Crippen LogP contribution in [0, 0.1) is 11.3 Å². The van der Waals surface area contributed by atoms with Crippen LogP contribution < -0.4 is 10.1 Å². The second-order valence-electron chi connectivity index (χ2n) is 7.69. The SMILES string of the molecule is CC(C)(CNC(=O)N1CCOc2cc(O)ccc2C1)C1CCCC1. The molecule has 0 unspecified atom stereocenters. The number of aromatic hydroxyl groups is 1. The van der Waals surface area contributed by atoms with Gasteiger partial charge in [0.2, 0.25) is 0 Å². The van der Waals surface area contributed by atoms with Crippen molar-refractivity contribution in [2.45, 2.75) is 46.1 Å². The summed E-state index contributed by atoms with van der Waals surface area (Å²) in [7, 11) is 0. The highest BCUT2D eigenvalue weighted by Crippen LogP contribution is 2.39. The Kier molecular flexibility index (Phi) is 4.88. The summed E-state index contributed by atoms with van der Waals surface area (Å²) in [5, 5.41) is 12.7. The summed E-state index contributed by atoms with van der Waals surface area (Å²) in [6.45, 7) is 6.71. The lowest BCUT2D eigenvalue weighted by molar-refractivity contribution is 0.169. The summed E-state index contributed by atoms with van der Waals surface area (Å²) in [4.78, 5) is 14.4. The van der Waals surface area contributed by atoms with Crippen LogP contribution in [-0.4, -0.2) is 35.7 Å². The molecule has 2 N–H and O–H groups in total. The van der Waals surface area contributed by atoms with Crippen LogP contribution in [0.2, 0.25) is 0 Å². The van der Waals surface area contributed by atoms with Crippen molar-refractivity contribution in [2.24, 2.45) is 11.3 Å². The van der Waals surface area contributed by atoms with Gasteiger partial charge in [0.15, 0.2) is 0 Å². The van der Waals surface area contributed by atoms with E-state index in [2.05, 4.69) is 19.2 Å². The number of hydrogen-bond acceptors (Lipinski definition) is 3. The molecule has 0 atom stereocenters. The molecule has 0 bridgehead atoms. The van der Waals surface area contributed by atoms with E-state index in [1.165, 1.54) is 25.7 Å². The Morgan fingerprint density at radius 3 is 2.88 bits per heavy atom. The minimum Gasteiger partial charge on any atom is -0.508 e. The standard InChI is InChI=1S/C19H28N2O3/c1-19(2,15-5-3-4-6-15)13-20-18(23)21-9-10-24-17-11-16(22)8-7-14(17)12-21/h7-8,11,15,22H,3-6,9-10,12-13H2,1-2H3,(H,20,23). The molecule has 0 saturated heterocycles. The molecular formula is C19H28N2O3. The number of phenolic OH excluding ortho intramolecular Hbond substituents is 1. The maximum absolute atomic E-state index is 12.6. The van der Waals surface area contributed by atoms with E-state index in [9.17, 15) is 9.90 Å². The molecule has 1 aromatic carbocycles. The van der Waals surface area contributed by atoms with Gasteiger partial charge in [0.25, 0.3) is 0 Å². The largest absolute Gasteiger partial charge is 0.508 e. The second-order valence-corrected chi connectivity index (χ2v) is 7.69. The summed E-state index contributed by atoms with van der Waals surface area (Å²) in [6.07, 6.45) is 5.18. The second kappa shape index (κ2) is 6.91. The van der Waals surface area contributed by atoms with E-state index < -0.39 is 0 Å². The van der Waals surface area contributed by atoms with Gasteiger partial charge in [-0.15, -0.1) is 0 Å². The van der Waals surface area contributed by atoms with Crippen molar-refractivity contribution in [3.63, 3.8) is 0 Å². The van der Waals surface area contributed by atoms with Crippen molar-refractivity contribution in [1.82, 2.24) is 10.2 Å². The van der Waals surface area contributed by atoms with Crippen LogP contribution in [0.15, 0.2) is 18.2 Å². The fraction of sp³-hybridized carbons (Fsp3) is 0.632. The van der Waals surface area contributed by atoms with Crippen LogP contribution in [0.25, 0.3) is 0 Å². The van der Waals surface area contributed by atoms with E-state index in [0.29, 0.717) is 37.9 Å². The molecule has 1 fully saturated rings. The number of urea groups is 1. The molecule has 0 radical (unpaired) electrons.